The van der Waals surface area contributed by atoms with E-state index in [-0.39, 0.29) is 10.9 Å². The topological polar surface area (TPSA) is 40.7 Å². The van der Waals surface area contributed by atoms with Crippen molar-refractivity contribution in [1.82, 2.24) is 15.5 Å². The molecule has 88 valence electrons. The van der Waals surface area contributed by atoms with Crippen molar-refractivity contribution in [2.45, 2.75) is 6.42 Å². The maximum atomic E-state index is 13.7. The maximum absolute atomic E-state index is 13.7. The van der Waals surface area contributed by atoms with Gasteiger partial charge in [-0.2, -0.15) is 5.10 Å². The van der Waals surface area contributed by atoms with Crippen LogP contribution in [0.1, 0.15) is 12.1 Å². The van der Waals surface area contributed by atoms with Crippen LogP contribution in [0.4, 0.5) is 8.78 Å². The summed E-state index contributed by atoms with van der Waals surface area (Å²) in [6.07, 6.45) is 2.90. The van der Waals surface area contributed by atoms with Crippen LogP contribution in [0.15, 0.2) is 18.2 Å². The summed E-state index contributed by atoms with van der Waals surface area (Å²) in [5, 5.41) is 10.00. The highest BCUT2D eigenvalue weighted by Crippen LogP contribution is 2.27. The van der Waals surface area contributed by atoms with Crippen molar-refractivity contribution in [2.24, 2.45) is 0 Å². The highest BCUT2D eigenvalue weighted by Gasteiger charge is 2.17. The number of rotatable bonds is 1. The number of benzene rings is 1. The molecule has 0 amide bonds. The van der Waals surface area contributed by atoms with Crippen molar-refractivity contribution in [2.75, 3.05) is 13.1 Å². The fraction of sp³-hybridized carbons (Fsp3) is 0.250. The van der Waals surface area contributed by atoms with Crippen molar-refractivity contribution < 1.29 is 8.78 Å². The lowest BCUT2D eigenvalue weighted by Crippen LogP contribution is -2.21. The third-order valence-corrected chi connectivity index (χ3v) is 2.96. The first kappa shape index (κ1) is 10.4. The third-order valence-electron chi connectivity index (χ3n) is 2.96. The van der Waals surface area contributed by atoms with E-state index in [1.807, 2.05) is 6.08 Å². The summed E-state index contributed by atoms with van der Waals surface area (Å²) in [6, 6.07) is 2.23. The molecule has 2 heterocycles. The number of aromatic amines is 1. The lowest BCUT2D eigenvalue weighted by atomic mass is 10.0. The Bertz CT molecular complexity index is 601. The quantitative estimate of drug-likeness (QED) is 0.795. The second kappa shape index (κ2) is 3.92. The molecule has 0 saturated heterocycles. The van der Waals surface area contributed by atoms with E-state index >= 15 is 0 Å². The number of fused-ring (bicyclic) bond motifs is 1. The largest absolute Gasteiger partial charge is 0.312 e. The summed E-state index contributed by atoms with van der Waals surface area (Å²) in [7, 11) is 0. The number of H-pyrrole nitrogens is 1. The Morgan fingerprint density at radius 1 is 1.18 bits per heavy atom. The molecule has 1 aromatic carbocycles. The van der Waals surface area contributed by atoms with Gasteiger partial charge in [0.05, 0.1) is 11.1 Å². The lowest BCUT2D eigenvalue weighted by molar-refractivity contribution is 0.616. The van der Waals surface area contributed by atoms with Crippen molar-refractivity contribution in [3.63, 3.8) is 0 Å². The molecule has 0 aliphatic carbocycles. The van der Waals surface area contributed by atoms with E-state index in [9.17, 15) is 8.78 Å². The van der Waals surface area contributed by atoms with Gasteiger partial charge in [0.1, 0.15) is 11.3 Å². The molecule has 0 saturated carbocycles. The fourth-order valence-corrected chi connectivity index (χ4v) is 2.12. The smallest absolute Gasteiger partial charge is 0.151 e. The second-order valence-electron chi connectivity index (χ2n) is 4.05. The van der Waals surface area contributed by atoms with E-state index in [1.54, 1.807) is 0 Å². The Balaban J connectivity index is 2.24. The Morgan fingerprint density at radius 2 is 2.00 bits per heavy atom. The zero-order valence-electron chi connectivity index (χ0n) is 9.06. The number of nitrogens with zero attached hydrogens (tertiary/aromatic N) is 1. The van der Waals surface area contributed by atoms with Gasteiger partial charge in [-0.05, 0) is 30.7 Å². The first-order valence-corrected chi connectivity index (χ1v) is 5.49. The highest BCUT2D eigenvalue weighted by molar-refractivity contribution is 5.91. The van der Waals surface area contributed by atoms with Gasteiger partial charge in [0, 0.05) is 6.54 Å². The van der Waals surface area contributed by atoms with Crippen molar-refractivity contribution in [1.29, 1.82) is 0 Å². The molecule has 1 aromatic heterocycles. The molecule has 1 aliphatic rings. The molecule has 3 rings (SSSR count). The van der Waals surface area contributed by atoms with Gasteiger partial charge in [0.2, 0.25) is 0 Å². The molecule has 0 bridgehead atoms. The second-order valence-corrected chi connectivity index (χ2v) is 4.05. The van der Waals surface area contributed by atoms with Gasteiger partial charge in [0.25, 0.3) is 0 Å². The molecule has 0 radical (unpaired) electrons. The fourth-order valence-electron chi connectivity index (χ4n) is 2.12. The van der Waals surface area contributed by atoms with Crippen LogP contribution in [0, 0.1) is 11.6 Å². The Kier molecular flexibility index (Phi) is 2.40. The molecule has 0 fully saturated rings. The van der Waals surface area contributed by atoms with Crippen LogP contribution in [-0.4, -0.2) is 23.3 Å². The van der Waals surface area contributed by atoms with E-state index in [0.717, 1.165) is 30.7 Å². The summed E-state index contributed by atoms with van der Waals surface area (Å²) >= 11 is 0. The summed E-state index contributed by atoms with van der Waals surface area (Å²) < 4.78 is 27.2. The van der Waals surface area contributed by atoms with E-state index in [1.165, 1.54) is 0 Å². The molecule has 0 unspecified atom stereocenters. The minimum atomic E-state index is -0.506. The van der Waals surface area contributed by atoms with Crippen LogP contribution < -0.4 is 5.32 Å². The molecule has 17 heavy (non-hydrogen) atoms. The minimum absolute atomic E-state index is 0.0615. The Hall–Kier alpha value is -1.75. The first-order valence-electron chi connectivity index (χ1n) is 5.49. The molecule has 0 spiro atoms. The highest BCUT2D eigenvalue weighted by atomic mass is 19.1. The molecule has 2 aromatic rings. The van der Waals surface area contributed by atoms with E-state index in [0.29, 0.717) is 12.2 Å². The van der Waals surface area contributed by atoms with Crippen LogP contribution >= 0.6 is 0 Å². The summed E-state index contributed by atoms with van der Waals surface area (Å²) in [6.45, 7) is 1.56. The number of hydrogen-bond acceptors (Lipinski definition) is 2. The van der Waals surface area contributed by atoms with Gasteiger partial charge in [-0.25, -0.2) is 8.78 Å². The van der Waals surface area contributed by atoms with Gasteiger partial charge in [-0.3, -0.25) is 5.10 Å². The zero-order valence-corrected chi connectivity index (χ0v) is 9.06. The minimum Gasteiger partial charge on any atom is -0.312 e. The van der Waals surface area contributed by atoms with Crippen LogP contribution in [0.25, 0.3) is 16.5 Å². The van der Waals surface area contributed by atoms with E-state index in [2.05, 4.69) is 15.5 Å². The first-order chi connectivity index (χ1) is 8.27. The lowest BCUT2D eigenvalue weighted by Gasteiger charge is -2.13. The zero-order chi connectivity index (χ0) is 11.8. The molecular formula is C12H11F2N3. The van der Waals surface area contributed by atoms with Crippen molar-refractivity contribution in [3.05, 3.63) is 35.5 Å². The molecule has 2 N–H and O–H groups in total. The monoisotopic (exact) mass is 235 g/mol. The van der Waals surface area contributed by atoms with Crippen LogP contribution in [0.3, 0.4) is 0 Å². The standard InChI is InChI=1S/C12H11F2N3/c13-8-3-4-9(14)12-10(8)11(16-17-12)7-2-1-5-15-6-7/h2-4,15H,1,5-6H2,(H,16,17). The molecule has 3 nitrogen and oxygen atoms in total. The molecular weight excluding hydrogens is 224 g/mol. The molecule has 0 atom stereocenters. The summed E-state index contributed by atoms with van der Waals surface area (Å²) in [5.41, 5.74) is 1.57. The predicted molar refractivity (Wildman–Crippen MR) is 61.5 cm³/mol. The number of hydrogen-bond donors (Lipinski definition) is 2. The molecule has 1 aliphatic heterocycles. The van der Waals surface area contributed by atoms with Crippen LogP contribution in [0.2, 0.25) is 0 Å². The van der Waals surface area contributed by atoms with Crippen molar-refractivity contribution in [3.8, 4) is 0 Å². The van der Waals surface area contributed by atoms with Gasteiger partial charge in [0.15, 0.2) is 5.82 Å². The maximum Gasteiger partial charge on any atom is 0.151 e. The van der Waals surface area contributed by atoms with Gasteiger partial charge in [-0.15, -0.1) is 0 Å². The van der Waals surface area contributed by atoms with Crippen LogP contribution in [-0.2, 0) is 0 Å². The predicted octanol–water partition coefficient (Wildman–Crippen LogP) is 2.22. The summed E-state index contributed by atoms with van der Waals surface area (Å²) in [4.78, 5) is 0. The number of aromatic nitrogens is 2. The average molecular weight is 235 g/mol. The van der Waals surface area contributed by atoms with Crippen LogP contribution in [0.5, 0.6) is 0 Å². The number of halogens is 2. The Labute approximate surface area is 96.5 Å². The molecule has 5 heteroatoms. The van der Waals surface area contributed by atoms with E-state index < -0.39 is 11.6 Å². The normalized spacial score (nSPS) is 16.2. The van der Waals surface area contributed by atoms with Gasteiger partial charge >= 0.3 is 0 Å². The van der Waals surface area contributed by atoms with Gasteiger partial charge in [-0.1, -0.05) is 6.08 Å². The van der Waals surface area contributed by atoms with Crippen molar-refractivity contribution >= 4 is 16.5 Å². The number of nitrogens with one attached hydrogen (secondary N) is 2. The van der Waals surface area contributed by atoms with Gasteiger partial charge < -0.3 is 5.32 Å². The third kappa shape index (κ3) is 1.63. The summed E-state index contributed by atoms with van der Waals surface area (Å²) in [5.74, 6) is -0.954. The van der Waals surface area contributed by atoms with E-state index in [4.69, 9.17) is 0 Å². The SMILES string of the molecule is Fc1ccc(F)c2c(C3=CCCNC3)[nH]nc12. The Morgan fingerprint density at radius 3 is 2.76 bits per heavy atom. The average Bonchev–Trinajstić information content (AvgIpc) is 2.81.